The highest BCUT2D eigenvalue weighted by Crippen LogP contribution is 2.28. The van der Waals surface area contributed by atoms with Crippen molar-refractivity contribution in [3.05, 3.63) is 53.1 Å². The van der Waals surface area contributed by atoms with E-state index in [2.05, 4.69) is 49.4 Å². The van der Waals surface area contributed by atoms with Gasteiger partial charge in [-0.15, -0.1) is 0 Å². The van der Waals surface area contributed by atoms with Gasteiger partial charge in [0.25, 0.3) is 0 Å². The molecule has 0 heteroatoms. The van der Waals surface area contributed by atoms with Gasteiger partial charge in [0.05, 0.1) is 0 Å². The maximum Gasteiger partial charge on any atom is -0.00604 e. The molecule has 0 aromatic heterocycles. The molecule has 0 atom stereocenters. The average Bonchev–Trinajstić information content (AvgIpc) is 2.53. The summed E-state index contributed by atoms with van der Waals surface area (Å²) < 4.78 is 0. The van der Waals surface area contributed by atoms with E-state index in [1.807, 2.05) is 0 Å². The molecule has 0 amide bonds. The van der Waals surface area contributed by atoms with Crippen molar-refractivity contribution < 1.29 is 0 Å². The number of fused-ring (bicyclic) bond motifs is 2. The first-order chi connectivity index (χ1) is 6.83. The molecular formula is C14H12. The van der Waals surface area contributed by atoms with E-state index in [9.17, 15) is 0 Å². The van der Waals surface area contributed by atoms with E-state index >= 15 is 0 Å². The summed E-state index contributed by atoms with van der Waals surface area (Å²) in [5.41, 5.74) is 4.35. The molecule has 0 saturated heterocycles. The quantitative estimate of drug-likeness (QED) is 0.578. The highest BCUT2D eigenvalue weighted by atomic mass is 14.1. The molecule has 0 spiro atoms. The molecule has 0 saturated carbocycles. The third-order valence-electron chi connectivity index (χ3n) is 2.88. The molecule has 0 nitrogen and oxygen atoms in total. The maximum absolute atomic E-state index is 2.32. The molecule has 0 unspecified atom stereocenters. The molecule has 1 aliphatic rings. The third-order valence-corrected chi connectivity index (χ3v) is 2.88. The van der Waals surface area contributed by atoms with Gasteiger partial charge in [-0.2, -0.15) is 0 Å². The van der Waals surface area contributed by atoms with Gasteiger partial charge in [0, 0.05) is 0 Å². The summed E-state index contributed by atoms with van der Waals surface area (Å²) in [6.45, 7) is 2.20. The van der Waals surface area contributed by atoms with E-state index in [1.54, 1.807) is 0 Å². The lowest BCUT2D eigenvalue weighted by atomic mass is 10.0. The minimum Gasteiger partial charge on any atom is -0.0683 e. The molecule has 3 rings (SSSR count). The molecule has 0 N–H and O–H groups in total. The highest BCUT2D eigenvalue weighted by Gasteiger charge is 2.09. The van der Waals surface area contributed by atoms with E-state index in [0.29, 0.717) is 0 Å². The number of hydrogen-bond donors (Lipinski definition) is 0. The fraction of sp³-hybridized carbons (Fsp3) is 0.143. The van der Waals surface area contributed by atoms with Gasteiger partial charge in [-0.25, -0.2) is 0 Å². The van der Waals surface area contributed by atoms with Crippen LogP contribution in [0.4, 0.5) is 0 Å². The second-order valence-electron chi connectivity index (χ2n) is 4.07. The molecule has 2 aromatic carbocycles. The Morgan fingerprint density at radius 2 is 1.71 bits per heavy atom. The fourth-order valence-electron chi connectivity index (χ4n) is 2.21. The minimum absolute atomic E-state index is 1.13. The molecule has 0 aliphatic heterocycles. The van der Waals surface area contributed by atoms with Gasteiger partial charge in [0.15, 0.2) is 0 Å². The zero-order valence-corrected chi connectivity index (χ0v) is 8.25. The van der Waals surface area contributed by atoms with Crippen molar-refractivity contribution in [3.63, 3.8) is 0 Å². The molecular weight excluding hydrogens is 168 g/mol. The maximum atomic E-state index is 2.32. The normalized spacial score (nSPS) is 14.2. The van der Waals surface area contributed by atoms with Crippen molar-refractivity contribution in [2.45, 2.75) is 13.3 Å². The SMILES string of the molecule is CC1=Cc2cc3ccccc3cc2C1. The molecule has 0 radical (unpaired) electrons. The van der Waals surface area contributed by atoms with Crippen molar-refractivity contribution in [3.8, 4) is 0 Å². The van der Waals surface area contributed by atoms with Gasteiger partial charge in [-0.3, -0.25) is 0 Å². The average molecular weight is 180 g/mol. The summed E-state index contributed by atoms with van der Waals surface area (Å²) in [5.74, 6) is 0. The summed E-state index contributed by atoms with van der Waals surface area (Å²) in [4.78, 5) is 0. The van der Waals surface area contributed by atoms with Crippen LogP contribution in [0.5, 0.6) is 0 Å². The predicted molar refractivity (Wildman–Crippen MR) is 61.3 cm³/mol. The van der Waals surface area contributed by atoms with Crippen molar-refractivity contribution in [2.75, 3.05) is 0 Å². The Hall–Kier alpha value is -1.56. The van der Waals surface area contributed by atoms with E-state index in [0.717, 1.165) is 6.42 Å². The first-order valence-electron chi connectivity index (χ1n) is 5.02. The zero-order chi connectivity index (χ0) is 9.54. The van der Waals surface area contributed by atoms with E-state index in [-0.39, 0.29) is 0 Å². The van der Waals surface area contributed by atoms with E-state index < -0.39 is 0 Å². The van der Waals surface area contributed by atoms with Crippen LogP contribution >= 0.6 is 0 Å². The monoisotopic (exact) mass is 180 g/mol. The van der Waals surface area contributed by atoms with Gasteiger partial charge in [0.1, 0.15) is 0 Å². The van der Waals surface area contributed by atoms with Crippen LogP contribution in [-0.4, -0.2) is 0 Å². The molecule has 0 fully saturated rings. The Balaban J connectivity index is 2.33. The van der Waals surface area contributed by atoms with Gasteiger partial charge >= 0.3 is 0 Å². The Morgan fingerprint density at radius 3 is 2.50 bits per heavy atom. The molecule has 0 bridgehead atoms. The number of allylic oxidation sites excluding steroid dienone is 1. The van der Waals surface area contributed by atoms with Crippen molar-refractivity contribution in [1.82, 2.24) is 0 Å². The van der Waals surface area contributed by atoms with Crippen LogP contribution in [0.1, 0.15) is 18.1 Å². The van der Waals surface area contributed by atoms with Crippen LogP contribution in [0.15, 0.2) is 42.0 Å². The van der Waals surface area contributed by atoms with Gasteiger partial charge < -0.3 is 0 Å². The Bertz CT molecular complexity index is 533. The zero-order valence-electron chi connectivity index (χ0n) is 8.25. The highest BCUT2D eigenvalue weighted by molar-refractivity contribution is 5.87. The van der Waals surface area contributed by atoms with Crippen molar-refractivity contribution >= 4 is 16.8 Å². The van der Waals surface area contributed by atoms with Crippen LogP contribution in [0.2, 0.25) is 0 Å². The second-order valence-corrected chi connectivity index (χ2v) is 4.07. The molecule has 0 heterocycles. The first kappa shape index (κ1) is 7.81. The van der Waals surface area contributed by atoms with Crippen LogP contribution in [-0.2, 0) is 6.42 Å². The summed E-state index contributed by atoms with van der Waals surface area (Å²) >= 11 is 0. The number of benzene rings is 2. The molecule has 2 aromatic rings. The molecule has 1 aliphatic carbocycles. The van der Waals surface area contributed by atoms with Crippen LogP contribution < -0.4 is 0 Å². The largest absolute Gasteiger partial charge is 0.0683 e. The predicted octanol–water partition coefficient (Wildman–Crippen LogP) is 3.80. The Kier molecular flexibility index (Phi) is 1.51. The van der Waals surface area contributed by atoms with Crippen LogP contribution in [0, 0.1) is 0 Å². The summed E-state index contributed by atoms with van der Waals surface area (Å²) in [6, 6.07) is 13.2. The van der Waals surface area contributed by atoms with E-state index in [1.165, 1.54) is 27.5 Å². The Morgan fingerprint density at radius 1 is 1.00 bits per heavy atom. The lowest BCUT2D eigenvalue weighted by Gasteiger charge is -2.02. The third kappa shape index (κ3) is 1.07. The minimum atomic E-state index is 1.13. The van der Waals surface area contributed by atoms with E-state index in [4.69, 9.17) is 0 Å². The second kappa shape index (κ2) is 2.71. The lowest BCUT2D eigenvalue weighted by Crippen LogP contribution is -1.83. The topological polar surface area (TPSA) is 0 Å². The smallest absolute Gasteiger partial charge is 0.00604 e. The number of hydrogen-bond acceptors (Lipinski definition) is 0. The summed E-state index contributed by atoms with van der Waals surface area (Å²) in [5, 5.41) is 2.70. The van der Waals surface area contributed by atoms with Gasteiger partial charge in [0.2, 0.25) is 0 Å². The standard InChI is InChI=1S/C14H12/c1-10-6-13-8-11-4-2-3-5-12(11)9-14(13)7-10/h2-6,8-9H,7H2,1H3. The van der Waals surface area contributed by atoms with Crippen LogP contribution in [0.25, 0.3) is 16.8 Å². The number of rotatable bonds is 0. The van der Waals surface area contributed by atoms with Gasteiger partial charge in [-0.1, -0.05) is 42.0 Å². The first-order valence-corrected chi connectivity index (χ1v) is 5.02. The molecule has 14 heavy (non-hydrogen) atoms. The summed E-state index contributed by atoms with van der Waals surface area (Å²) in [6.07, 6.45) is 3.42. The Labute approximate surface area is 83.9 Å². The fourth-order valence-corrected chi connectivity index (χ4v) is 2.21. The van der Waals surface area contributed by atoms with Crippen molar-refractivity contribution in [1.29, 1.82) is 0 Å². The summed E-state index contributed by atoms with van der Waals surface area (Å²) in [7, 11) is 0. The van der Waals surface area contributed by atoms with Crippen LogP contribution in [0.3, 0.4) is 0 Å². The lowest BCUT2D eigenvalue weighted by molar-refractivity contribution is 1.20. The molecule has 68 valence electrons. The van der Waals surface area contributed by atoms with Crippen molar-refractivity contribution in [2.24, 2.45) is 0 Å². The van der Waals surface area contributed by atoms with Gasteiger partial charge in [-0.05, 0) is 41.3 Å².